The SMILES string of the molecule is Cc1ccc(N=Nc2c(C)nc3sc(C(=O)Nc4ccccc4)c(N)c3c2C)cc1. The lowest BCUT2D eigenvalue weighted by atomic mass is 10.1. The minimum atomic E-state index is -0.249. The number of para-hydroxylation sites is 1. The second kappa shape index (κ2) is 8.04. The summed E-state index contributed by atoms with van der Waals surface area (Å²) in [5.74, 6) is -0.249. The lowest BCUT2D eigenvalue weighted by molar-refractivity contribution is 0.103. The Labute approximate surface area is 178 Å². The molecule has 2 heterocycles. The lowest BCUT2D eigenvalue weighted by Gasteiger charge is -2.06. The van der Waals surface area contributed by atoms with Crippen LogP contribution < -0.4 is 11.1 Å². The van der Waals surface area contributed by atoms with Crippen LogP contribution in [0.15, 0.2) is 64.8 Å². The average Bonchev–Trinajstić information content (AvgIpc) is 3.06. The van der Waals surface area contributed by atoms with Crippen molar-refractivity contribution in [1.82, 2.24) is 4.98 Å². The fraction of sp³-hybridized carbons (Fsp3) is 0.130. The van der Waals surface area contributed by atoms with Gasteiger partial charge in [-0.05, 0) is 50.6 Å². The highest BCUT2D eigenvalue weighted by molar-refractivity contribution is 7.21. The highest BCUT2D eigenvalue weighted by Crippen LogP contribution is 2.40. The lowest BCUT2D eigenvalue weighted by Crippen LogP contribution is -2.11. The molecule has 0 fully saturated rings. The summed E-state index contributed by atoms with van der Waals surface area (Å²) in [5.41, 5.74) is 11.7. The Balaban J connectivity index is 1.72. The molecule has 0 radical (unpaired) electrons. The van der Waals surface area contributed by atoms with Crippen molar-refractivity contribution in [3.05, 3.63) is 76.3 Å². The molecule has 6 nitrogen and oxygen atoms in total. The van der Waals surface area contributed by atoms with Gasteiger partial charge in [-0.2, -0.15) is 5.11 Å². The van der Waals surface area contributed by atoms with Crippen LogP contribution >= 0.6 is 11.3 Å². The molecule has 0 bridgehead atoms. The third-order valence-electron chi connectivity index (χ3n) is 4.81. The fourth-order valence-electron chi connectivity index (χ4n) is 3.21. The van der Waals surface area contributed by atoms with E-state index in [2.05, 4.69) is 20.5 Å². The predicted octanol–water partition coefficient (Wildman–Crippen LogP) is 6.47. The number of amides is 1. The second-order valence-corrected chi connectivity index (χ2v) is 8.05. The van der Waals surface area contributed by atoms with Gasteiger partial charge in [0.05, 0.1) is 17.1 Å². The predicted molar refractivity (Wildman–Crippen MR) is 123 cm³/mol. The van der Waals surface area contributed by atoms with Crippen LogP contribution in [0.2, 0.25) is 0 Å². The van der Waals surface area contributed by atoms with Crippen LogP contribution in [0.25, 0.3) is 10.2 Å². The maximum atomic E-state index is 12.8. The number of nitrogen functional groups attached to an aromatic ring is 1. The van der Waals surface area contributed by atoms with E-state index >= 15 is 0 Å². The van der Waals surface area contributed by atoms with E-state index in [1.54, 1.807) is 0 Å². The Morgan fingerprint density at radius 2 is 1.70 bits per heavy atom. The van der Waals surface area contributed by atoms with E-state index in [-0.39, 0.29) is 5.91 Å². The zero-order valence-electron chi connectivity index (χ0n) is 16.9. The van der Waals surface area contributed by atoms with E-state index in [1.807, 2.05) is 75.4 Å². The molecule has 4 aromatic rings. The third-order valence-corrected chi connectivity index (χ3v) is 5.90. The molecule has 2 aromatic carbocycles. The highest BCUT2D eigenvalue weighted by Gasteiger charge is 2.21. The number of carbonyl (C=O) groups is 1. The van der Waals surface area contributed by atoms with Crippen molar-refractivity contribution in [2.24, 2.45) is 10.2 Å². The number of benzene rings is 2. The fourth-order valence-corrected chi connectivity index (χ4v) is 4.31. The summed E-state index contributed by atoms with van der Waals surface area (Å²) < 4.78 is 0. The van der Waals surface area contributed by atoms with E-state index < -0.39 is 0 Å². The molecular weight excluding hydrogens is 394 g/mol. The number of pyridine rings is 1. The molecule has 0 saturated heterocycles. The number of nitrogens with one attached hydrogen (secondary N) is 1. The number of hydrogen-bond acceptors (Lipinski definition) is 6. The molecule has 2 aromatic heterocycles. The maximum Gasteiger partial charge on any atom is 0.267 e. The van der Waals surface area contributed by atoms with Crippen LogP contribution in [0.1, 0.15) is 26.5 Å². The van der Waals surface area contributed by atoms with Gasteiger partial charge in [-0.1, -0.05) is 35.9 Å². The zero-order chi connectivity index (χ0) is 21.3. The minimum absolute atomic E-state index is 0.249. The number of hydrogen-bond donors (Lipinski definition) is 2. The summed E-state index contributed by atoms with van der Waals surface area (Å²) in [5, 5.41) is 12.4. The number of fused-ring (bicyclic) bond motifs is 1. The summed E-state index contributed by atoms with van der Waals surface area (Å²) in [6, 6.07) is 17.1. The number of nitrogens with zero attached hydrogens (tertiary/aromatic N) is 3. The van der Waals surface area contributed by atoms with Crippen molar-refractivity contribution in [2.75, 3.05) is 11.1 Å². The highest BCUT2D eigenvalue weighted by atomic mass is 32.1. The Bertz CT molecular complexity index is 1260. The van der Waals surface area contributed by atoms with Crippen LogP contribution in [0.4, 0.5) is 22.7 Å². The molecule has 0 spiro atoms. The number of rotatable bonds is 4. The minimum Gasteiger partial charge on any atom is -0.397 e. The number of aromatic nitrogens is 1. The summed E-state index contributed by atoms with van der Waals surface area (Å²) >= 11 is 1.28. The standard InChI is InChI=1S/C23H21N5OS/c1-13-9-11-17(12-10-13)27-28-20-14(2)18-19(24)21(30-23(18)25-15(20)3)22(29)26-16-7-5-4-6-8-16/h4-12H,24H2,1-3H3,(H,26,29). The maximum absolute atomic E-state index is 12.8. The molecule has 0 saturated carbocycles. The molecule has 0 atom stereocenters. The Morgan fingerprint density at radius 3 is 2.40 bits per heavy atom. The van der Waals surface area contributed by atoms with Gasteiger partial charge in [0.15, 0.2) is 0 Å². The molecule has 3 N–H and O–H groups in total. The average molecular weight is 416 g/mol. The number of aryl methyl sites for hydroxylation is 3. The number of carbonyl (C=O) groups excluding carboxylic acids is 1. The smallest absolute Gasteiger partial charge is 0.267 e. The normalized spacial score (nSPS) is 11.3. The van der Waals surface area contributed by atoms with Crippen LogP contribution in [-0.2, 0) is 0 Å². The molecule has 30 heavy (non-hydrogen) atoms. The van der Waals surface area contributed by atoms with Gasteiger partial charge in [-0.25, -0.2) is 4.98 Å². The van der Waals surface area contributed by atoms with Gasteiger partial charge in [0.1, 0.15) is 15.4 Å². The Morgan fingerprint density at radius 1 is 1.00 bits per heavy atom. The first-order chi connectivity index (χ1) is 14.4. The van der Waals surface area contributed by atoms with Crippen molar-refractivity contribution in [3.63, 3.8) is 0 Å². The number of azo groups is 1. The molecule has 7 heteroatoms. The number of nitrogens with two attached hydrogens (primary N) is 1. The van der Waals surface area contributed by atoms with E-state index in [0.717, 1.165) is 32.7 Å². The van der Waals surface area contributed by atoms with E-state index in [1.165, 1.54) is 11.3 Å². The van der Waals surface area contributed by atoms with Gasteiger partial charge in [-0.15, -0.1) is 16.5 Å². The molecule has 1 amide bonds. The first-order valence-corrected chi connectivity index (χ1v) is 10.3. The van der Waals surface area contributed by atoms with Crippen LogP contribution in [0, 0.1) is 20.8 Å². The van der Waals surface area contributed by atoms with Gasteiger partial charge < -0.3 is 11.1 Å². The molecule has 4 rings (SSSR count). The Kier molecular flexibility index (Phi) is 5.29. The largest absolute Gasteiger partial charge is 0.397 e. The quantitative estimate of drug-likeness (QED) is 0.374. The first kappa shape index (κ1) is 19.7. The third kappa shape index (κ3) is 3.79. The summed E-state index contributed by atoms with van der Waals surface area (Å²) in [6.45, 7) is 5.84. The van der Waals surface area contributed by atoms with Gasteiger partial charge in [-0.3, -0.25) is 4.79 Å². The monoisotopic (exact) mass is 415 g/mol. The zero-order valence-corrected chi connectivity index (χ0v) is 17.7. The van der Waals surface area contributed by atoms with Crippen molar-refractivity contribution in [3.8, 4) is 0 Å². The second-order valence-electron chi connectivity index (χ2n) is 7.05. The summed E-state index contributed by atoms with van der Waals surface area (Å²) in [6.07, 6.45) is 0. The van der Waals surface area contributed by atoms with Crippen molar-refractivity contribution >= 4 is 50.2 Å². The molecule has 0 aliphatic rings. The summed E-state index contributed by atoms with van der Waals surface area (Å²) in [7, 11) is 0. The van der Waals surface area contributed by atoms with Gasteiger partial charge in [0, 0.05) is 11.1 Å². The van der Waals surface area contributed by atoms with Crippen molar-refractivity contribution in [2.45, 2.75) is 20.8 Å². The van der Waals surface area contributed by atoms with E-state index in [0.29, 0.717) is 21.9 Å². The molecular formula is C23H21N5OS. The Hall–Kier alpha value is -3.58. The van der Waals surface area contributed by atoms with Crippen LogP contribution in [0.3, 0.4) is 0 Å². The van der Waals surface area contributed by atoms with Gasteiger partial charge in [0.2, 0.25) is 0 Å². The van der Waals surface area contributed by atoms with Crippen LogP contribution in [0.5, 0.6) is 0 Å². The number of anilines is 2. The summed E-state index contributed by atoms with van der Waals surface area (Å²) in [4.78, 5) is 18.6. The molecule has 0 aliphatic carbocycles. The molecule has 0 unspecified atom stereocenters. The van der Waals surface area contributed by atoms with Crippen molar-refractivity contribution in [1.29, 1.82) is 0 Å². The molecule has 150 valence electrons. The topological polar surface area (TPSA) is 92.7 Å². The van der Waals surface area contributed by atoms with Crippen molar-refractivity contribution < 1.29 is 4.79 Å². The first-order valence-electron chi connectivity index (χ1n) is 9.48. The molecule has 0 aliphatic heterocycles. The van der Waals surface area contributed by atoms with E-state index in [4.69, 9.17) is 5.73 Å². The van der Waals surface area contributed by atoms with Crippen LogP contribution in [-0.4, -0.2) is 10.9 Å². The van der Waals surface area contributed by atoms with Gasteiger partial charge in [0.25, 0.3) is 5.91 Å². The van der Waals surface area contributed by atoms with Gasteiger partial charge >= 0.3 is 0 Å². The number of thiophene rings is 1. The van der Waals surface area contributed by atoms with E-state index in [9.17, 15) is 4.79 Å².